The van der Waals surface area contributed by atoms with Gasteiger partial charge in [-0.25, -0.2) is 9.98 Å². The number of carbonyl (C=O) groups excluding carboxylic acids is 1. The lowest BCUT2D eigenvalue weighted by molar-refractivity contribution is 0.0952. The van der Waals surface area contributed by atoms with Crippen molar-refractivity contribution in [3.63, 3.8) is 0 Å². The van der Waals surface area contributed by atoms with Crippen molar-refractivity contribution >= 4 is 58.0 Å². The van der Waals surface area contributed by atoms with Gasteiger partial charge in [-0.05, 0) is 61.7 Å². The van der Waals surface area contributed by atoms with Gasteiger partial charge in [0.05, 0.1) is 38.9 Å². The third-order valence-electron chi connectivity index (χ3n) is 5.87. The summed E-state index contributed by atoms with van der Waals surface area (Å²) in [4.78, 5) is 25.3. The second-order valence-corrected chi connectivity index (χ2v) is 9.37. The molecule has 184 valence electrons. The van der Waals surface area contributed by atoms with Crippen molar-refractivity contribution in [2.24, 2.45) is 4.99 Å². The van der Waals surface area contributed by atoms with Gasteiger partial charge >= 0.3 is 0 Å². The Morgan fingerprint density at radius 3 is 2.44 bits per heavy atom. The quantitative estimate of drug-likeness (QED) is 0.165. The fourth-order valence-electron chi connectivity index (χ4n) is 3.87. The van der Waals surface area contributed by atoms with Crippen molar-refractivity contribution in [3.05, 3.63) is 92.7 Å². The molecule has 36 heavy (non-hydrogen) atoms. The fourth-order valence-corrected chi connectivity index (χ4v) is 4.53. The van der Waals surface area contributed by atoms with Crippen LogP contribution in [0.1, 0.15) is 45.7 Å². The van der Waals surface area contributed by atoms with Crippen LogP contribution in [-0.4, -0.2) is 34.6 Å². The van der Waals surface area contributed by atoms with E-state index >= 15 is 0 Å². The Kier molecular flexibility index (Phi) is 7.72. The number of hydrogen-bond acceptors (Lipinski definition) is 3. The molecule has 0 radical (unpaired) electrons. The average molecular weight is 521 g/mol. The van der Waals surface area contributed by atoms with Crippen LogP contribution < -0.4 is 10.6 Å². The van der Waals surface area contributed by atoms with E-state index in [1.807, 2.05) is 30.3 Å². The van der Waals surface area contributed by atoms with E-state index in [1.165, 1.54) is 17.5 Å². The summed E-state index contributed by atoms with van der Waals surface area (Å²) in [6.45, 7) is 5.98. The van der Waals surface area contributed by atoms with Crippen LogP contribution in [0.4, 0.5) is 5.69 Å². The lowest BCUT2D eigenvalue weighted by atomic mass is 9.98. The Balaban J connectivity index is 1.58. The molecule has 4 rings (SSSR count). The van der Waals surface area contributed by atoms with E-state index in [9.17, 15) is 4.79 Å². The lowest BCUT2D eigenvalue weighted by Gasteiger charge is -2.17. The molecule has 4 aromatic rings. The molecule has 0 fully saturated rings. The van der Waals surface area contributed by atoms with Crippen molar-refractivity contribution in [2.45, 2.75) is 26.7 Å². The number of hydrogen-bond donors (Lipinski definition) is 4. The van der Waals surface area contributed by atoms with Gasteiger partial charge in [-0.1, -0.05) is 53.5 Å². The fraction of sp³-hybridized carbons (Fsp3) is 0.185. The van der Waals surface area contributed by atoms with Gasteiger partial charge in [-0.3, -0.25) is 10.2 Å². The number of nitrogens with zero attached hydrogens (tertiary/aromatic N) is 2. The smallest absolute Gasteiger partial charge is 0.254 e. The number of carbonyl (C=O) groups is 1. The zero-order valence-electron chi connectivity index (χ0n) is 20.1. The maximum atomic E-state index is 13.1. The third kappa shape index (κ3) is 5.75. The zero-order valence-corrected chi connectivity index (χ0v) is 21.6. The molecule has 1 amide bonds. The number of H-pyrrole nitrogens is 1. The first-order valence-electron chi connectivity index (χ1n) is 11.4. The molecule has 1 aromatic heterocycles. The lowest BCUT2D eigenvalue weighted by Crippen LogP contribution is -2.30. The van der Waals surface area contributed by atoms with Crippen LogP contribution in [0.3, 0.4) is 0 Å². The Hall–Kier alpha value is -3.68. The summed E-state index contributed by atoms with van der Waals surface area (Å²) in [5.74, 6) is 0.323. The molecule has 4 N–H and O–H groups in total. The maximum Gasteiger partial charge on any atom is 0.254 e. The van der Waals surface area contributed by atoms with E-state index < -0.39 is 0 Å². The number of amidine groups is 1. The highest BCUT2D eigenvalue weighted by Gasteiger charge is 2.22. The molecule has 3 aromatic carbocycles. The molecule has 0 aliphatic carbocycles. The predicted molar refractivity (Wildman–Crippen MR) is 148 cm³/mol. The summed E-state index contributed by atoms with van der Waals surface area (Å²) in [6.07, 6.45) is 1.37. The highest BCUT2D eigenvalue weighted by Crippen LogP contribution is 2.30. The molecule has 1 atom stereocenters. The van der Waals surface area contributed by atoms with Gasteiger partial charge in [-0.2, -0.15) is 0 Å². The number of benzene rings is 3. The molecule has 7 nitrogen and oxygen atoms in total. The largest absolute Gasteiger partial charge is 0.351 e. The zero-order chi connectivity index (χ0) is 25.8. The highest BCUT2D eigenvalue weighted by atomic mass is 35.5. The number of halogens is 2. The summed E-state index contributed by atoms with van der Waals surface area (Å²) in [5, 5.41) is 13.6. The molecule has 0 aliphatic heterocycles. The van der Waals surface area contributed by atoms with E-state index in [4.69, 9.17) is 33.6 Å². The number of amides is 1. The maximum absolute atomic E-state index is 13.1. The molecular formula is C27H26Cl2N6O. The summed E-state index contributed by atoms with van der Waals surface area (Å²) >= 11 is 12.8. The molecule has 9 heteroatoms. The van der Waals surface area contributed by atoms with Crippen LogP contribution in [0.5, 0.6) is 0 Å². The Morgan fingerprint density at radius 1 is 1.11 bits per heavy atom. The first-order valence-corrected chi connectivity index (χ1v) is 12.1. The number of fused-ring (bicyclic) bond motifs is 1. The van der Waals surface area contributed by atoms with Gasteiger partial charge < -0.3 is 15.6 Å². The molecule has 0 spiro atoms. The minimum Gasteiger partial charge on any atom is -0.351 e. The van der Waals surface area contributed by atoms with Gasteiger partial charge in [0.2, 0.25) is 0 Å². The van der Waals surface area contributed by atoms with Crippen molar-refractivity contribution in [1.82, 2.24) is 15.3 Å². The second kappa shape index (κ2) is 10.9. The molecule has 1 heterocycles. The van der Waals surface area contributed by atoms with Crippen LogP contribution in [0.2, 0.25) is 10.0 Å². The summed E-state index contributed by atoms with van der Waals surface area (Å²) < 4.78 is 0. The van der Waals surface area contributed by atoms with E-state index in [-0.39, 0.29) is 33.3 Å². The standard InChI is InChI=1S/C27H26Cl2N6O/c1-15-9-23-24(10-16(15)2)35-26(34-23)20(18-7-5-4-6-8-18)13-31-27(36)25-21(28)11-19(12-22(25)29)33-14-32-17(3)30/h4-12,14,20H,13H2,1-3H3,(H,31,36)(H,34,35)(H2,30,32,33). The van der Waals surface area contributed by atoms with Gasteiger partial charge in [0.15, 0.2) is 0 Å². The van der Waals surface area contributed by atoms with Crippen molar-refractivity contribution in [2.75, 3.05) is 11.9 Å². The Morgan fingerprint density at radius 2 is 1.78 bits per heavy atom. The first-order chi connectivity index (χ1) is 17.2. The highest BCUT2D eigenvalue weighted by molar-refractivity contribution is 6.40. The number of imidazole rings is 1. The van der Waals surface area contributed by atoms with Gasteiger partial charge in [0, 0.05) is 12.2 Å². The number of aliphatic imine (C=N–C) groups is 1. The van der Waals surface area contributed by atoms with E-state index in [0.29, 0.717) is 12.2 Å². The van der Waals surface area contributed by atoms with Crippen LogP contribution in [0, 0.1) is 19.3 Å². The molecular weight excluding hydrogens is 495 g/mol. The number of aryl methyl sites for hydroxylation is 2. The van der Waals surface area contributed by atoms with Crippen LogP contribution in [-0.2, 0) is 0 Å². The SMILES string of the molecule is CC(=N)/N=C\Nc1cc(Cl)c(C(=O)NCC(c2ccccc2)c2nc3cc(C)c(C)cc3[nH]2)c(Cl)c1. The number of rotatable bonds is 7. The van der Waals surface area contributed by atoms with E-state index in [2.05, 4.69) is 46.6 Å². The Bertz CT molecular complexity index is 1400. The molecule has 1 unspecified atom stereocenters. The van der Waals surface area contributed by atoms with Crippen LogP contribution in [0.15, 0.2) is 59.6 Å². The number of anilines is 1. The van der Waals surface area contributed by atoms with Crippen LogP contribution in [0.25, 0.3) is 11.0 Å². The molecule has 0 aliphatic rings. The van der Waals surface area contributed by atoms with E-state index in [1.54, 1.807) is 19.1 Å². The van der Waals surface area contributed by atoms with Crippen LogP contribution >= 0.6 is 23.2 Å². The summed E-state index contributed by atoms with van der Waals surface area (Å²) in [6, 6.07) is 17.2. The van der Waals surface area contributed by atoms with Gasteiger partial charge in [0.25, 0.3) is 5.91 Å². The van der Waals surface area contributed by atoms with Crippen molar-refractivity contribution in [3.8, 4) is 0 Å². The third-order valence-corrected chi connectivity index (χ3v) is 6.47. The van der Waals surface area contributed by atoms with Gasteiger partial charge in [-0.15, -0.1) is 0 Å². The minimum atomic E-state index is -0.385. The second-order valence-electron chi connectivity index (χ2n) is 8.55. The molecule has 0 saturated carbocycles. The normalized spacial score (nSPS) is 12.1. The van der Waals surface area contributed by atoms with Crippen molar-refractivity contribution in [1.29, 1.82) is 5.41 Å². The number of aromatic amines is 1. The van der Waals surface area contributed by atoms with Crippen molar-refractivity contribution < 1.29 is 4.79 Å². The van der Waals surface area contributed by atoms with Gasteiger partial charge in [0.1, 0.15) is 11.7 Å². The van der Waals surface area contributed by atoms with E-state index in [0.717, 1.165) is 22.4 Å². The predicted octanol–water partition coefficient (Wildman–Crippen LogP) is 6.49. The summed E-state index contributed by atoms with van der Waals surface area (Å²) in [7, 11) is 0. The summed E-state index contributed by atoms with van der Waals surface area (Å²) in [5.41, 5.74) is 5.96. The number of nitrogens with one attached hydrogen (secondary N) is 4. The molecule has 0 saturated heterocycles. The molecule has 0 bridgehead atoms. The Labute approximate surface area is 219 Å². The topological polar surface area (TPSA) is 106 Å². The first kappa shape index (κ1) is 25.4. The average Bonchev–Trinajstić information content (AvgIpc) is 3.21. The monoisotopic (exact) mass is 520 g/mol. The minimum absolute atomic E-state index is 0.151. The number of aromatic nitrogens is 2.